The Balaban J connectivity index is 1.43. The van der Waals surface area contributed by atoms with E-state index in [1.54, 1.807) is 24.4 Å². The van der Waals surface area contributed by atoms with Gasteiger partial charge in [-0.25, -0.2) is 9.37 Å². The van der Waals surface area contributed by atoms with Crippen molar-refractivity contribution >= 4 is 5.91 Å². The van der Waals surface area contributed by atoms with Crippen LogP contribution in [0.15, 0.2) is 42.6 Å². The molecule has 1 atom stereocenters. The van der Waals surface area contributed by atoms with Crippen molar-refractivity contribution in [3.63, 3.8) is 0 Å². The molecule has 0 radical (unpaired) electrons. The van der Waals surface area contributed by atoms with Crippen molar-refractivity contribution in [2.24, 2.45) is 5.92 Å². The van der Waals surface area contributed by atoms with Gasteiger partial charge in [-0.3, -0.25) is 4.79 Å². The number of pyridine rings is 1. The number of hydrogen-bond acceptors (Lipinski definition) is 4. The Hall–Kier alpha value is -2.47. The van der Waals surface area contributed by atoms with Gasteiger partial charge in [0.1, 0.15) is 11.6 Å². The molecule has 1 aliphatic heterocycles. The summed E-state index contributed by atoms with van der Waals surface area (Å²) in [5.41, 5.74) is 0.891. The molecule has 0 saturated carbocycles. The predicted octanol–water partition coefficient (Wildman–Crippen LogP) is 3.02. The van der Waals surface area contributed by atoms with Crippen LogP contribution < -0.4 is 15.4 Å². The molecule has 3 rings (SSSR count). The molecule has 1 unspecified atom stereocenters. The molecule has 1 aromatic heterocycles. The van der Waals surface area contributed by atoms with Crippen LogP contribution in [0.4, 0.5) is 4.39 Å². The van der Waals surface area contributed by atoms with Gasteiger partial charge in [-0.2, -0.15) is 0 Å². The van der Waals surface area contributed by atoms with Gasteiger partial charge in [-0.1, -0.05) is 12.1 Å². The average molecular weight is 343 g/mol. The Bertz CT molecular complexity index is 700. The molecule has 0 bridgehead atoms. The van der Waals surface area contributed by atoms with Gasteiger partial charge in [0.05, 0.1) is 0 Å². The second kappa shape index (κ2) is 8.58. The summed E-state index contributed by atoms with van der Waals surface area (Å²) in [5, 5.41) is 6.22. The number of amides is 1. The maximum Gasteiger partial charge on any atom is 0.220 e. The summed E-state index contributed by atoms with van der Waals surface area (Å²) in [6.07, 6.45) is 4.29. The van der Waals surface area contributed by atoms with Crippen molar-refractivity contribution in [3.8, 4) is 11.6 Å². The first-order valence-corrected chi connectivity index (χ1v) is 8.55. The molecular weight excluding hydrogens is 321 g/mol. The first-order chi connectivity index (χ1) is 12.2. The van der Waals surface area contributed by atoms with Gasteiger partial charge in [-0.15, -0.1) is 0 Å². The summed E-state index contributed by atoms with van der Waals surface area (Å²) < 4.78 is 18.6. The van der Waals surface area contributed by atoms with E-state index in [9.17, 15) is 9.18 Å². The third-order valence-electron chi connectivity index (χ3n) is 4.25. The molecule has 1 amide bonds. The van der Waals surface area contributed by atoms with Crippen LogP contribution in [0.2, 0.25) is 0 Å². The molecule has 25 heavy (non-hydrogen) atoms. The first kappa shape index (κ1) is 17.4. The summed E-state index contributed by atoms with van der Waals surface area (Å²) in [6.45, 7) is 2.51. The standard InChI is InChI=1S/C19H22FN3O2/c20-16-2-1-3-17(10-16)25-19-7-5-15(13-23-19)12-22-18(24)6-4-14-8-9-21-11-14/h1-3,5,7,10,13-14,21H,4,6,8-9,11-12H2,(H,22,24). The normalized spacial score (nSPS) is 16.6. The van der Waals surface area contributed by atoms with Crippen molar-refractivity contribution in [2.75, 3.05) is 13.1 Å². The summed E-state index contributed by atoms with van der Waals surface area (Å²) in [6, 6.07) is 9.44. The van der Waals surface area contributed by atoms with Crippen molar-refractivity contribution in [1.82, 2.24) is 15.6 Å². The van der Waals surface area contributed by atoms with Gasteiger partial charge in [0, 0.05) is 31.3 Å². The van der Waals surface area contributed by atoms with E-state index in [4.69, 9.17) is 4.74 Å². The molecular formula is C19H22FN3O2. The number of halogens is 1. The molecule has 2 heterocycles. The molecule has 2 aromatic rings. The van der Waals surface area contributed by atoms with E-state index in [-0.39, 0.29) is 11.7 Å². The quantitative estimate of drug-likeness (QED) is 0.811. The number of ether oxygens (including phenoxy) is 1. The molecule has 1 aliphatic rings. The first-order valence-electron chi connectivity index (χ1n) is 8.55. The van der Waals surface area contributed by atoms with Crippen molar-refractivity contribution in [3.05, 3.63) is 54.0 Å². The van der Waals surface area contributed by atoms with Crippen LogP contribution in [0, 0.1) is 11.7 Å². The number of carbonyl (C=O) groups excluding carboxylic acids is 1. The second-order valence-corrected chi connectivity index (χ2v) is 6.24. The topological polar surface area (TPSA) is 63.2 Å². The minimum atomic E-state index is -0.356. The maximum atomic E-state index is 13.1. The molecule has 1 aromatic carbocycles. The van der Waals surface area contributed by atoms with Crippen LogP contribution in [-0.2, 0) is 11.3 Å². The lowest BCUT2D eigenvalue weighted by Gasteiger charge is -2.09. The Labute approximate surface area is 146 Å². The summed E-state index contributed by atoms with van der Waals surface area (Å²) >= 11 is 0. The van der Waals surface area contributed by atoms with Crippen LogP contribution in [0.25, 0.3) is 0 Å². The zero-order valence-corrected chi connectivity index (χ0v) is 14.0. The minimum Gasteiger partial charge on any atom is -0.439 e. The third kappa shape index (κ3) is 5.53. The van der Waals surface area contributed by atoms with E-state index in [2.05, 4.69) is 15.6 Å². The van der Waals surface area contributed by atoms with Gasteiger partial charge in [0.25, 0.3) is 0 Å². The van der Waals surface area contributed by atoms with E-state index in [0.29, 0.717) is 30.5 Å². The van der Waals surface area contributed by atoms with E-state index in [0.717, 1.165) is 31.5 Å². The van der Waals surface area contributed by atoms with Crippen LogP contribution >= 0.6 is 0 Å². The molecule has 1 saturated heterocycles. The number of nitrogens with zero attached hydrogens (tertiary/aromatic N) is 1. The lowest BCUT2D eigenvalue weighted by atomic mass is 10.0. The van der Waals surface area contributed by atoms with Crippen LogP contribution in [0.5, 0.6) is 11.6 Å². The van der Waals surface area contributed by atoms with E-state index < -0.39 is 0 Å². The Morgan fingerprint density at radius 3 is 3.00 bits per heavy atom. The lowest BCUT2D eigenvalue weighted by Crippen LogP contribution is -2.23. The zero-order chi connectivity index (χ0) is 17.5. The fourth-order valence-electron chi connectivity index (χ4n) is 2.81. The minimum absolute atomic E-state index is 0.0620. The lowest BCUT2D eigenvalue weighted by molar-refractivity contribution is -0.121. The van der Waals surface area contributed by atoms with E-state index in [1.807, 2.05) is 6.07 Å². The number of hydrogen-bond donors (Lipinski definition) is 2. The number of benzene rings is 1. The second-order valence-electron chi connectivity index (χ2n) is 6.24. The van der Waals surface area contributed by atoms with Gasteiger partial charge >= 0.3 is 0 Å². The number of nitrogens with one attached hydrogen (secondary N) is 2. The van der Waals surface area contributed by atoms with Gasteiger partial charge in [0.2, 0.25) is 11.8 Å². The molecule has 2 N–H and O–H groups in total. The van der Waals surface area contributed by atoms with Gasteiger partial charge in [-0.05, 0) is 49.5 Å². The fraction of sp³-hybridized carbons (Fsp3) is 0.368. The highest BCUT2D eigenvalue weighted by atomic mass is 19.1. The van der Waals surface area contributed by atoms with Crippen molar-refractivity contribution in [1.29, 1.82) is 0 Å². The highest BCUT2D eigenvalue weighted by molar-refractivity contribution is 5.75. The highest BCUT2D eigenvalue weighted by Gasteiger charge is 2.15. The summed E-state index contributed by atoms with van der Waals surface area (Å²) in [4.78, 5) is 16.1. The molecule has 1 fully saturated rings. The largest absolute Gasteiger partial charge is 0.439 e. The molecule has 132 valence electrons. The summed E-state index contributed by atoms with van der Waals surface area (Å²) in [5.74, 6) is 1.10. The van der Waals surface area contributed by atoms with Crippen molar-refractivity contribution < 1.29 is 13.9 Å². The Kier molecular flexibility index (Phi) is 5.95. The number of aromatic nitrogens is 1. The molecule has 0 spiro atoms. The zero-order valence-electron chi connectivity index (χ0n) is 14.0. The number of rotatable bonds is 7. The highest BCUT2D eigenvalue weighted by Crippen LogP contribution is 2.20. The van der Waals surface area contributed by atoms with Gasteiger partial charge < -0.3 is 15.4 Å². The van der Waals surface area contributed by atoms with Gasteiger partial charge in [0.15, 0.2) is 0 Å². The smallest absolute Gasteiger partial charge is 0.220 e. The monoisotopic (exact) mass is 343 g/mol. The third-order valence-corrected chi connectivity index (χ3v) is 4.25. The SMILES string of the molecule is O=C(CCC1CCNC1)NCc1ccc(Oc2cccc(F)c2)nc1. The summed E-state index contributed by atoms with van der Waals surface area (Å²) in [7, 11) is 0. The average Bonchev–Trinajstić information content (AvgIpc) is 3.13. The predicted molar refractivity (Wildman–Crippen MR) is 92.8 cm³/mol. The molecule has 0 aliphatic carbocycles. The van der Waals surface area contributed by atoms with Crippen molar-refractivity contribution in [2.45, 2.75) is 25.8 Å². The van der Waals surface area contributed by atoms with E-state index >= 15 is 0 Å². The Morgan fingerprint density at radius 2 is 2.28 bits per heavy atom. The molecule has 6 heteroatoms. The van der Waals surface area contributed by atoms with Crippen LogP contribution in [0.1, 0.15) is 24.8 Å². The molecule has 5 nitrogen and oxygen atoms in total. The van der Waals surface area contributed by atoms with Crippen LogP contribution in [-0.4, -0.2) is 24.0 Å². The maximum absolute atomic E-state index is 13.1. The Morgan fingerprint density at radius 1 is 1.36 bits per heavy atom. The number of carbonyl (C=O) groups is 1. The fourth-order valence-corrected chi connectivity index (χ4v) is 2.81. The van der Waals surface area contributed by atoms with Crippen LogP contribution in [0.3, 0.4) is 0 Å². The van der Waals surface area contributed by atoms with E-state index in [1.165, 1.54) is 12.1 Å².